The van der Waals surface area contributed by atoms with E-state index in [-0.39, 0.29) is 12.4 Å². The number of ether oxygens (including phenoxy) is 1. The van der Waals surface area contributed by atoms with Crippen LogP contribution in [0, 0.1) is 0 Å². The molecule has 1 rings (SSSR count). The van der Waals surface area contributed by atoms with Crippen molar-refractivity contribution in [1.82, 2.24) is 0 Å². The molecule has 0 saturated heterocycles. The maximum absolute atomic E-state index is 5.24. The highest BCUT2D eigenvalue weighted by atomic mass is 35.5. The quantitative estimate of drug-likeness (QED) is 0.555. The lowest BCUT2D eigenvalue weighted by atomic mass is 10.7. The number of nitrogens with zero attached hydrogens (tertiary/aromatic N) is 1. The third-order valence-electron chi connectivity index (χ3n) is 1.11. The van der Waals surface area contributed by atoms with Crippen molar-refractivity contribution in [3.05, 3.63) is 0 Å². The highest BCUT2D eigenvalue weighted by molar-refractivity contribution is 5.85. The van der Waals surface area contributed by atoms with Crippen molar-refractivity contribution in [2.24, 2.45) is 4.99 Å². The van der Waals surface area contributed by atoms with E-state index in [0.29, 0.717) is 12.7 Å². The van der Waals surface area contributed by atoms with Crippen LogP contribution in [0.4, 0.5) is 0 Å². The van der Waals surface area contributed by atoms with Crippen molar-refractivity contribution >= 4 is 18.6 Å². The van der Waals surface area contributed by atoms with Crippen LogP contribution in [0.15, 0.2) is 4.99 Å². The number of aliphatic imine (C=N–C) groups is 1. The van der Waals surface area contributed by atoms with E-state index in [1.54, 1.807) is 13.3 Å². The Morgan fingerprint density at radius 2 is 2.33 bits per heavy atom. The van der Waals surface area contributed by atoms with Crippen molar-refractivity contribution < 1.29 is 4.74 Å². The Balaban J connectivity index is 0.000000640. The molecule has 0 heterocycles. The molecular formula is C6H12ClNO. The van der Waals surface area contributed by atoms with Gasteiger partial charge in [0.05, 0.1) is 12.7 Å². The van der Waals surface area contributed by atoms with E-state index in [1.807, 2.05) is 0 Å². The third-order valence-corrected chi connectivity index (χ3v) is 1.11. The number of hydrogen-bond donors (Lipinski definition) is 0. The third kappa shape index (κ3) is 4.43. The highest BCUT2D eigenvalue weighted by Crippen LogP contribution is 2.22. The Hall–Kier alpha value is -0.0800. The highest BCUT2D eigenvalue weighted by Gasteiger charge is 2.20. The monoisotopic (exact) mass is 149 g/mol. The first-order chi connectivity index (χ1) is 3.93. The summed E-state index contributed by atoms with van der Waals surface area (Å²) in [4.78, 5) is 3.79. The van der Waals surface area contributed by atoms with E-state index in [0.717, 1.165) is 0 Å². The van der Waals surface area contributed by atoms with E-state index < -0.39 is 0 Å². The SMILES string of the molecule is CN=CCOC1CC1.Cl. The molecule has 0 unspecified atom stereocenters. The molecule has 0 bridgehead atoms. The fourth-order valence-corrected chi connectivity index (χ4v) is 0.488. The van der Waals surface area contributed by atoms with Crippen molar-refractivity contribution in [3.8, 4) is 0 Å². The summed E-state index contributed by atoms with van der Waals surface area (Å²) >= 11 is 0. The lowest BCUT2D eigenvalue weighted by Crippen LogP contribution is -1.96. The topological polar surface area (TPSA) is 21.6 Å². The average Bonchev–Trinajstić information content (AvgIpc) is 2.51. The van der Waals surface area contributed by atoms with Gasteiger partial charge in [0.2, 0.25) is 0 Å². The first-order valence-electron chi connectivity index (χ1n) is 2.95. The molecule has 1 aliphatic rings. The summed E-state index contributed by atoms with van der Waals surface area (Å²) in [5, 5.41) is 0. The summed E-state index contributed by atoms with van der Waals surface area (Å²) in [6, 6.07) is 0. The Labute approximate surface area is 61.7 Å². The summed E-state index contributed by atoms with van der Waals surface area (Å²) in [6.07, 6.45) is 4.85. The molecule has 0 spiro atoms. The minimum absolute atomic E-state index is 0. The number of halogens is 1. The Morgan fingerprint density at radius 3 is 2.78 bits per heavy atom. The van der Waals surface area contributed by atoms with Crippen LogP contribution >= 0.6 is 12.4 Å². The number of rotatable bonds is 3. The van der Waals surface area contributed by atoms with Gasteiger partial charge in [-0.1, -0.05) is 0 Å². The first kappa shape index (κ1) is 8.92. The summed E-state index contributed by atoms with van der Waals surface area (Å²) in [5.41, 5.74) is 0. The molecule has 2 nitrogen and oxygen atoms in total. The minimum atomic E-state index is 0. The lowest BCUT2D eigenvalue weighted by molar-refractivity contribution is 0.159. The molecule has 9 heavy (non-hydrogen) atoms. The van der Waals surface area contributed by atoms with Gasteiger partial charge in [0.15, 0.2) is 0 Å². The van der Waals surface area contributed by atoms with E-state index in [2.05, 4.69) is 4.99 Å². The normalized spacial score (nSPS) is 17.9. The van der Waals surface area contributed by atoms with Gasteiger partial charge in [0, 0.05) is 13.3 Å². The fraction of sp³-hybridized carbons (Fsp3) is 0.833. The average molecular weight is 150 g/mol. The fourth-order valence-electron chi connectivity index (χ4n) is 0.488. The van der Waals surface area contributed by atoms with Crippen molar-refractivity contribution in [2.75, 3.05) is 13.7 Å². The van der Waals surface area contributed by atoms with Gasteiger partial charge in [-0.05, 0) is 12.8 Å². The van der Waals surface area contributed by atoms with Crippen LogP contribution in [-0.2, 0) is 4.74 Å². The van der Waals surface area contributed by atoms with E-state index >= 15 is 0 Å². The van der Waals surface area contributed by atoms with Crippen molar-refractivity contribution in [3.63, 3.8) is 0 Å². The summed E-state index contributed by atoms with van der Waals surface area (Å²) in [7, 11) is 1.76. The predicted molar refractivity (Wildman–Crippen MR) is 40.6 cm³/mol. The van der Waals surface area contributed by atoms with Crippen LogP contribution in [0.5, 0.6) is 0 Å². The van der Waals surface area contributed by atoms with E-state index in [4.69, 9.17) is 4.74 Å². The Kier molecular flexibility index (Phi) is 4.72. The largest absolute Gasteiger partial charge is 0.373 e. The summed E-state index contributed by atoms with van der Waals surface area (Å²) in [5.74, 6) is 0. The molecule has 0 amide bonds. The molecule has 1 saturated carbocycles. The van der Waals surface area contributed by atoms with Gasteiger partial charge < -0.3 is 4.74 Å². The maximum Gasteiger partial charge on any atom is 0.0817 e. The Bertz CT molecular complexity index is 91.1. The van der Waals surface area contributed by atoms with Crippen LogP contribution in [0.3, 0.4) is 0 Å². The van der Waals surface area contributed by atoms with Gasteiger partial charge in [-0.2, -0.15) is 0 Å². The van der Waals surface area contributed by atoms with Gasteiger partial charge in [-0.15, -0.1) is 12.4 Å². The molecule has 54 valence electrons. The molecule has 0 N–H and O–H groups in total. The van der Waals surface area contributed by atoms with Gasteiger partial charge in [-0.25, -0.2) is 0 Å². The second kappa shape index (κ2) is 4.77. The summed E-state index contributed by atoms with van der Waals surface area (Å²) < 4.78 is 5.24. The predicted octanol–water partition coefficient (Wildman–Crippen LogP) is 1.29. The van der Waals surface area contributed by atoms with Crippen molar-refractivity contribution in [1.29, 1.82) is 0 Å². The van der Waals surface area contributed by atoms with Gasteiger partial charge in [-0.3, -0.25) is 4.99 Å². The van der Waals surface area contributed by atoms with Crippen LogP contribution < -0.4 is 0 Å². The van der Waals surface area contributed by atoms with Crippen LogP contribution in [0.25, 0.3) is 0 Å². The van der Waals surface area contributed by atoms with Gasteiger partial charge >= 0.3 is 0 Å². The van der Waals surface area contributed by atoms with Crippen LogP contribution in [-0.4, -0.2) is 26.0 Å². The second-order valence-electron chi connectivity index (χ2n) is 1.97. The molecule has 3 heteroatoms. The second-order valence-corrected chi connectivity index (χ2v) is 1.97. The zero-order valence-electron chi connectivity index (χ0n) is 5.54. The zero-order chi connectivity index (χ0) is 5.82. The molecule has 0 aromatic heterocycles. The molecule has 0 radical (unpaired) electrons. The summed E-state index contributed by atoms with van der Waals surface area (Å²) in [6.45, 7) is 0.696. The molecule has 1 fully saturated rings. The van der Waals surface area contributed by atoms with E-state index in [1.165, 1.54) is 12.8 Å². The minimum Gasteiger partial charge on any atom is -0.373 e. The smallest absolute Gasteiger partial charge is 0.0817 e. The Morgan fingerprint density at radius 1 is 1.67 bits per heavy atom. The molecule has 0 aromatic rings. The van der Waals surface area contributed by atoms with Gasteiger partial charge in [0.25, 0.3) is 0 Å². The van der Waals surface area contributed by atoms with Crippen molar-refractivity contribution in [2.45, 2.75) is 18.9 Å². The van der Waals surface area contributed by atoms with Crippen LogP contribution in [0.2, 0.25) is 0 Å². The number of hydrogen-bond acceptors (Lipinski definition) is 2. The molecule has 0 aromatic carbocycles. The maximum atomic E-state index is 5.24. The first-order valence-corrected chi connectivity index (χ1v) is 2.95. The molecule has 0 atom stereocenters. The molecule has 1 aliphatic carbocycles. The molecular weight excluding hydrogens is 138 g/mol. The molecule has 0 aliphatic heterocycles. The van der Waals surface area contributed by atoms with E-state index in [9.17, 15) is 0 Å². The standard InChI is InChI=1S/C6H11NO.ClH/c1-7-4-5-8-6-2-3-6;/h4,6H,2-3,5H2,1H3;1H. The lowest BCUT2D eigenvalue weighted by Gasteiger charge is -1.91. The van der Waals surface area contributed by atoms with Crippen LogP contribution in [0.1, 0.15) is 12.8 Å². The zero-order valence-corrected chi connectivity index (χ0v) is 6.36. The van der Waals surface area contributed by atoms with Gasteiger partial charge in [0.1, 0.15) is 0 Å².